The van der Waals surface area contributed by atoms with Gasteiger partial charge in [0.1, 0.15) is 0 Å². The van der Waals surface area contributed by atoms with Gasteiger partial charge in [-0.15, -0.1) is 0 Å². The van der Waals surface area contributed by atoms with E-state index in [0.29, 0.717) is 13.1 Å². The highest BCUT2D eigenvalue weighted by Gasteiger charge is 2.20. The second-order valence-electron chi connectivity index (χ2n) is 7.03. The molecule has 0 spiro atoms. The summed E-state index contributed by atoms with van der Waals surface area (Å²) in [5.41, 5.74) is 5.01. The minimum atomic E-state index is -0.389. The quantitative estimate of drug-likeness (QED) is 0.910. The van der Waals surface area contributed by atoms with Crippen molar-refractivity contribution < 1.29 is 10.2 Å². The number of aliphatic hydroxyl groups is 2. The zero-order valence-electron chi connectivity index (χ0n) is 14.4. The summed E-state index contributed by atoms with van der Waals surface area (Å²) >= 11 is 0. The fourth-order valence-corrected chi connectivity index (χ4v) is 3.67. The second-order valence-corrected chi connectivity index (χ2v) is 7.03. The van der Waals surface area contributed by atoms with Crippen LogP contribution in [0.25, 0.3) is 10.9 Å². The van der Waals surface area contributed by atoms with E-state index in [-0.39, 0.29) is 12.2 Å². The highest BCUT2D eigenvalue weighted by molar-refractivity contribution is 5.85. The van der Waals surface area contributed by atoms with Gasteiger partial charge in [0.15, 0.2) is 0 Å². The van der Waals surface area contributed by atoms with Crippen molar-refractivity contribution in [2.45, 2.75) is 52.4 Å². The highest BCUT2D eigenvalue weighted by Crippen LogP contribution is 2.26. The molecule has 1 atom stereocenters. The summed E-state index contributed by atoms with van der Waals surface area (Å²) in [4.78, 5) is 2.26. The summed E-state index contributed by atoms with van der Waals surface area (Å²) in [5.74, 6) is 0. The summed E-state index contributed by atoms with van der Waals surface area (Å²) in [5, 5.41) is 21.4. The molecule has 1 aliphatic heterocycles. The number of aliphatic hydroxyl groups excluding tert-OH is 2. The van der Waals surface area contributed by atoms with Gasteiger partial charge in [-0.1, -0.05) is 11.6 Å². The van der Waals surface area contributed by atoms with Crippen LogP contribution >= 0.6 is 0 Å². The summed E-state index contributed by atoms with van der Waals surface area (Å²) in [6.45, 7) is 9.46. The van der Waals surface area contributed by atoms with Crippen molar-refractivity contribution in [1.82, 2.24) is 9.47 Å². The van der Waals surface area contributed by atoms with Crippen molar-refractivity contribution in [3.8, 4) is 0 Å². The second kappa shape index (κ2) is 6.63. The van der Waals surface area contributed by atoms with Crippen molar-refractivity contribution in [3.05, 3.63) is 35.0 Å². The standard InChI is InChI=1S/C19H28N2O2/c1-13-4-5-19-18(10-13)14(2)15(3)21(19)12-17(23)11-20-8-6-16(22)7-9-20/h4-5,10,16-17,22-23H,6-9,11-12H2,1-3H3/t17-/m0/s1. The fraction of sp³-hybridized carbons (Fsp3) is 0.579. The summed E-state index contributed by atoms with van der Waals surface area (Å²) in [6, 6.07) is 6.53. The van der Waals surface area contributed by atoms with Gasteiger partial charge in [-0.05, 0) is 51.3 Å². The molecule has 1 aromatic carbocycles. The van der Waals surface area contributed by atoms with Crippen LogP contribution in [-0.4, -0.2) is 51.5 Å². The first-order valence-corrected chi connectivity index (χ1v) is 8.60. The van der Waals surface area contributed by atoms with Crippen molar-refractivity contribution in [2.24, 2.45) is 0 Å². The lowest BCUT2D eigenvalue weighted by Crippen LogP contribution is -2.41. The SMILES string of the molecule is Cc1ccc2c(c1)c(C)c(C)n2C[C@@H](O)CN1CCC(O)CC1. The summed E-state index contributed by atoms with van der Waals surface area (Å²) in [7, 11) is 0. The zero-order chi connectivity index (χ0) is 16.6. The molecule has 2 aromatic rings. The van der Waals surface area contributed by atoms with Gasteiger partial charge in [-0.2, -0.15) is 0 Å². The van der Waals surface area contributed by atoms with Gasteiger partial charge in [0.05, 0.1) is 18.8 Å². The van der Waals surface area contributed by atoms with E-state index in [0.717, 1.165) is 25.9 Å². The molecule has 0 amide bonds. The van der Waals surface area contributed by atoms with Gasteiger partial charge in [0.25, 0.3) is 0 Å². The van der Waals surface area contributed by atoms with Gasteiger partial charge < -0.3 is 19.7 Å². The molecule has 4 heteroatoms. The maximum Gasteiger partial charge on any atom is 0.0845 e. The topological polar surface area (TPSA) is 48.6 Å². The Morgan fingerprint density at radius 2 is 1.83 bits per heavy atom. The molecule has 3 rings (SSSR count). The van der Waals surface area contributed by atoms with Crippen LogP contribution in [0.4, 0.5) is 0 Å². The highest BCUT2D eigenvalue weighted by atomic mass is 16.3. The van der Waals surface area contributed by atoms with Crippen LogP contribution in [0.5, 0.6) is 0 Å². The molecule has 0 radical (unpaired) electrons. The van der Waals surface area contributed by atoms with Gasteiger partial charge in [-0.3, -0.25) is 0 Å². The number of nitrogens with zero attached hydrogens (tertiary/aromatic N) is 2. The predicted molar refractivity (Wildman–Crippen MR) is 93.8 cm³/mol. The van der Waals surface area contributed by atoms with Crippen molar-refractivity contribution in [2.75, 3.05) is 19.6 Å². The molecule has 126 valence electrons. The fourth-order valence-electron chi connectivity index (χ4n) is 3.67. The molecule has 1 saturated heterocycles. The van der Waals surface area contributed by atoms with E-state index in [1.54, 1.807) is 0 Å². The molecule has 4 nitrogen and oxygen atoms in total. The largest absolute Gasteiger partial charge is 0.393 e. The third-order valence-corrected chi connectivity index (χ3v) is 5.21. The first kappa shape index (κ1) is 16.5. The number of benzene rings is 1. The normalized spacial score (nSPS) is 18.7. The maximum atomic E-state index is 10.5. The van der Waals surface area contributed by atoms with E-state index < -0.39 is 0 Å². The number of fused-ring (bicyclic) bond motifs is 1. The van der Waals surface area contributed by atoms with Crippen LogP contribution in [-0.2, 0) is 6.54 Å². The minimum absolute atomic E-state index is 0.162. The zero-order valence-corrected chi connectivity index (χ0v) is 14.4. The molecule has 0 unspecified atom stereocenters. The molecule has 0 aliphatic carbocycles. The number of β-amino-alcohol motifs (C(OH)–C–C–N with tert-alkyl or cyclic N) is 1. The number of rotatable bonds is 4. The number of aryl methyl sites for hydroxylation is 2. The average Bonchev–Trinajstić information content (AvgIpc) is 2.74. The minimum Gasteiger partial charge on any atom is -0.393 e. The Bertz CT molecular complexity index is 684. The Hall–Kier alpha value is -1.36. The van der Waals surface area contributed by atoms with Crippen molar-refractivity contribution in [1.29, 1.82) is 0 Å². The molecule has 1 aromatic heterocycles. The lowest BCUT2D eigenvalue weighted by molar-refractivity contribution is 0.0461. The monoisotopic (exact) mass is 316 g/mol. The molecular formula is C19H28N2O2. The van der Waals surface area contributed by atoms with Gasteiger partial charge >= 0.3 is 0 Å². The molecule has 2 heterocycles. The van der Waals surface area contributed by atoms with Gasteiger partial charge in [0.2, 0.25) is 0 Å². The van der Waals surface area contributed by atoms with Crippen LogP contribution < -0.4 is 0 Å². The van der Waals surface area contributed by atoms with Crippen LogP contribution in [0, 0.1) is 20.8 Å². The predicted octanol–water partition coefficient (Wildman–Crippen LogP) is 2.38. The van der Waals surface area contributed by atoms with Crippen LogP contribution in [0.2, 0.25) is 0 Å². The van der Waals surface area contributed by atoms with Crippen LogP contribution in [0.1, 0.15) is 29.7 Å². The first-order chi connectivity index (χ1) is 11.0. The molecule has 23 heavy (non-hydrogen) atoms. The lowest BCUT2D eigenvalue weighted by Gasteiger charge is -2.31. The Balaban J connectivity index is 1.74. The van der Waals surface area contributed by atoms with Gasteiger partial charge in [0, 0.05) is 36.2 Å². The van der Waals surface area contributed by atoms with Crippen molar-refractivity contribution >= 4 is 10.9 Å². The molecule has 2 N–H and O–H groups in total. The Kier molecular flexibility index (Phi) is 4.76. The average molecular weight is 316 g/mol. The van der Waals surface area contributed by atoms with Crippen molar-refractivity contribution in [3.63, 3.8) is 0 Å². The van der Waals surface area contributed by atoms with Crippen LogP contribution in [0.15, 0.2) is 18.2 Å². The van der Waals surface area contributed by atoms with E-state index in [1.165, 1.54) is 27.7 Å². The third kappa shape index (κ3) is 3.44. The molecule has 1 aliphatic rings. The Morgan fingerprint density at radius 3 is 2.52 bits per heavy atom. The van der Waals surface area contributed by atoms with Crippen LogP contribution in [0.3, 0.4) is 0 Å². The smallest absolute Gasteiger partial charge is 0.0845 e. The molecule has 1 fully saturated rings. The Labute approximate surface area is 138 Å². The lowest BCUT2D eigenvalue weighted by atomic mass is 10.1. The third-order valence-electron chi connectivity index (χ3n) is 5.21. The van der Waals surface area contributed by atoms with E-state index in [1.807, 2.05) is 0 Å². The Morgan fingerprint density at radius 1 is 1.13 bits per heavy atom. The molecule has 0 bridgehead atoms. The molecule has 0 saturated carbocycles. The number of hydrogen-bond donors (Lipinski definition) is 2. The van der Waals surface area contributed by atoms with E-state index in [2.05, 4.69) is 48.4 Å². The van der Waals surface area contributed by atoms with E-state index in [4.69, 9.17) is 0 Å². The first-order valence-electron chi connectivity index (χ1n) is 8.60. The summed E-state index contributed by atoms with van der Waals surface area (Å²) < 4.78 is 2.24. The van der Waals surface area contributed by atoms with E-state index >= 15 is 0 Å². The maximum absolute atomic E-state index is 10.5. The van der Waals surface area contributed by atoms with E-state index in [9.17, 15) is 10.2 Å². The number of likely N-dealkylation sites (tertiary alicyclic amines) is 1. The summed E-state index contributed by atoms with van der Waals surface area (Å²) in [6.07, 6.45) is 1.08. The number of hydrogen-bond acceptors (Lipinski definition) is 3. The number of aromatic nitrogens is 1. The molecular weight excluding hydrogens is 288 g/mol. The van der Waals surface area contributed by atoms with Gasteiger partial charge in [-0.25, -0.2) is 0 Å². The number of piperidine rings is 1.